The van der Waals surface area contributed by atoms with Gasteiger partial charge in [0, 0.05) is 61.8 Å². The summed E-state index contributed by atoms with van der Waals surface area (Å²) in [6.45, 7) is 10.3. The first kappa shape index (κ1) is 49.0. The number of pyridine rings is 2. The molecule has 0 saturated carbocycles. The molecule has 2 aliphatic rings. The van der Waals surface area contributed by atoms with E-state index in [0.717, 1.165) is 61.0 Å². The highest BCUT2D eigenvalue weighted by molar-refractivity contribution is 6.07. The molecule has 4 atom stereocenters. The van der Waals surface area contributed by atoms with Gasteiger partial charge in [0.05, 0.1) is 24.5 Å². The number of ether oxygens (including phenoxy) is 2. The van der Waals surface area contributed by atoms with Crippen LogP contribution in [0, 0.1) is 13.8 Å². The molecule has 2 saturated heterocycles. The monoisotopic (exact) mass is 1000 g/mol. The zero-order valence-corrected chi connectivity index (χ0v) is 41.9. The number of anilines is 2. The second kappa shape index (κ2) is 21.3. The maximum absolute atomic E-state index is 14.2. The Hall–Kier alpha value is -8.57. The van der Waals surface area contributed by atoms with Gasteiger partial charge in [0.15, 0.2) is 12.5 Å². The third-order valence-electron chi connectivity index (χ3n) is 13.5. The topological polar surface area (TPSA) is 249 Å². The molecule has 2 amide bonds. The predicted octanol–water partition coefficient (Wildman–Crippen LogP) is 5.89. The van der Waals surface area contributed by atoms with Gasteiger partial charge in [-0.3, -0.25) is 28.8 Å². The summed E-state index contributed by atoms with van der Waals surface area (Å²) in [4.78, 5) is 54.9. The number of piperidine rings is 2. The van der Waals surface area contributed by atoms with E-state index in [4.69, 9.17) is 9.47 Å². The van der Waals surface area contributed by atoms with Crippen LogP contribution in [0.15, 0.2) is 97.6 Å². The molecule has 2 aromatic carbocycles. The number of rotatable bonds is 14. The highest BCUT2D eigenvalue weighted by Crippen LogP contribution is 2.35. The number of carbonyl (C=O) groups excluding carboxylic acids is 3. The molecule has 2 aliphatic heterocycles. The minimum Gasteiger partial charge on any atom is -0.408 e. The molecule has 2 fully saturated rings. The van der Waals surface area contributed by atoms with Gasteiger partial charge < -0.3 is 20.1 Å². The Morgan fingerprint density at radius 1 is 0.622 bits per heavy atom. The van der Waals surface area contributed by atoms with Gasteiger partial charge in [0.1, 0.15) is 23.0 Å². The largest absolute Gasteiger partial charge is 0.512 e. The Morgan fingerprint density at radius 3 is 1.42 bits per heavy atom. The van der Waals surface area contributed by atoms with Crippen molar-refractivity contribution >= 4 is 29.6 Å². The standard InChI is InChI=1S/C51H56N18O5/c1-31-11-7-25-54-45(31)66(39-13-9-23-52-27-39)49(70)37-19-15-35(16-20-37)41-29-56-64(5)43(41)47-58-60-62-68(47)33(3)73-51(72)74-34(4)69-48(59-61-63-69)44-42(30-57-65(44)6)36-17-21-38(22-18-36)50(71)67(40-14-10-24-53-28-40)46-32(2)12-8-26-55-46/h7-8,11-12,15-22,25-26,29-30,33-34,39-40,52-53H,9-10,13-14,23-24,27-28H2,1-6H3/t33?,34?,39-,40-/m1/s1. The SMILES string of the molecule is Cc1cccnc1N(C(=O)c1ccc(-c2cnn(C)c2-c2nnnn2C(C)OC(=O)OC(C)n2nnnc2-c2c(-c3ccc(C(=O)N(c4ncccc4C)[C@@H]4CCCNC4)cc3)cnn2C)cc1)[C@@H]1CCCNC1. The summed E-state index contributed by atoms with van der Waals surface area (Å²) in [6, 6.07) is 22.2. The zero-order valence-electron chi connectivity index (χ0n) is 41.9. The lowest BCUT2D eigenvalue weighted by molar-refractivity contribution is -0.0374. The van der Waals surface area contributed by atoms with E-state index in [-0.39, 0.29) is 35.5 Å². The molecule has 23 nitrogen and oxygen atoms in total. The van der Waals surface area contributed by atoms with E-state index >= 15 is 0 Å². The summed E-state index contributed by atoms with van der Waals surface area (Å²) < 4.78 is 17.5. The van der Waals surface area contributed by atoms with E-state index in [0.29, 0.717) is 58.4 Å². The molecule has 10 rings (SSSR count). The first-order valence-electron chi connectivity index (χ1n) is 24.6. The quantitative estimate of drug-likeness (QED) is 0.121. The first-order chi connectivity index (χ1) is 36.0. The lowest BCUT2D eigenvalue weighted by Crippen LogP contribution is -2.49. The molecule has 2 N–H and O–H groups in total. The number of nitrogens with one attached hydrogen (secondary N) is 2. The second-order valence-electron chi connectivity index (χ2n) is 18.4. The van der Waals surface area contributed by atoms with Crippen LogP contribution < -0.4 is 20.4 Å². The summed E-state index contributed by atoms with van der Waals surface area (Å²) in [5.41, 5.74) is 6.80. The van der Waals surface area contributed by atoms with Crippen molar-refractivity contribution in [1.82, 2.24) is 80.6 Å². The lowest BCUT2D eigenvalue weighted by atomic mass is 10.0. The Labute approximate surface area is 425 Å². The van der Waals surface area contributed by atoms with Crippen molar-refractivity contribution in [2.75, 3.05) is 36.0 Å². The Kier molecular flexibility index (Phi) is 14.1. The number of hydrogen-bond donors (Lipinski definition) is 2. The molecule has 0 spiro atoms. The molecule has 23 heteroatoms. The zero-order chi connectivity index (χ0) is 51.5. The van der Waals surface area contributed by atoms with Gasteiger partial charge in [-0.15, -0.1) is 10.2 Å². The van der Waals surface area contributed by atoms with Gasteiger partial charge in [-0.05, 0) is 146 Å². The summed E-state index contributed by atoms with van der Waals surface area (Å²) in [6.07, 6.45) is 7.29. The van der Waals surface area contributed by atoms with Crippen molar-refractivity contribution in [2.45, 2.75) is 77.9 Å². The van der Waals surface area contributed by atoms with Crippen LogP contribution in [0.5, 0.6) is 0 Å². The maximum atomic E-state index is 14.2. The van der Waals surface area contributed by atoms with Crippen molar-refractivity contribution in [3.05, 3.63) is 120 Å². The van der Waals surface area contributed by atoms with Gasteiger partial charge in [-0.2, -0.15) is 19.6 Å². The van der Waals surface area contributed by atoms with Crippen LogP contribution in [-0.4, -0.2) is 126 Å². The number of nitrogens with zero attached hydrogens (tertiary/aromatic N) is 16. The van der Waals surface area contributed by atoms with Crippen LogP contribution in [0.25, 0.3) is 45.3 Å². The molecule has 0 radical (unpaired) electrons. The number of hydrogen-bond acceptors (Lipinski definition) is 17. The van der Waals surface area contributed by atoms with Gasteiger partial charge in [0.25, 0.3) is 11.8 Å². The molecular weight excluding hydrogens is 945 g/mol. The van der Waals surface area contributed by atoms with E-state index in [2.05, 4.69) is 61.8 Å². The van der Waals surface area contributed by atoms with Crippen molar-refractivity contribution in [3.8, 4) is 45.3 Å². The third-order valence-corrected chi connectivity index (χ3v) is 13.5. The van der Waals surface area contributed by atoms with Crippen LogP contribution in [0.2, 0.25) is 0 Å². The summed E-state index contributed by atoms with van der Waals surface area (Å²) in [5.74, 6) is 1.54. The van der Waals surface area contributed by atoms with Gasteiger partial charge in [-0.1, -0.05) is 36.4 Å². The molecule has 8 heterocycles. The van der Waals surface area contributed by atoms with Crippen molar-refractivity contribution < 1.29 is 23.9 Å². The highest BCUT2D eigenvalue weighted by atomic mass is 16.7. The third kappa shape index (κ3) is 9.73. The Morgan fingerprint density at radius 2 is 1.04 bits per heavy atom. The van der Waals surface area contributed by atoms with Gasteiger partial charge in [-0.25, -0.2) is 14.8 Å². The summed E-state index contributed by atoms with van der Waals surface area (Å²) in [5, 5.41) is 40.7. The maximum Gasteiger partial charge on any atom is 0.512 e. The van der Waals surface area contributed by atoms with E-state index in [9.17, 15) is 14.4 Å². The second-order valence-corrected chi connectivity index (χ2v) is 18.4. The number of benzene rings is 2. The van der Waals surface area contributed by atoms with Gasteiger partial charge in [0.2, 0.25) is 11.6 Å². The van der Waals surface area contributed by atoms with Gasteiger partial charge >= 0.3 is 6.16 Å². The minimum absolute atomic E-state index is 0.0455. The van der Waals surface area contributed by atoms with Crippen molar-refractivity contribution in [3.63, 3.8) is 0 Å². The lowest BCUT2D eigenvalue weighted by Gasteiger charge is -2.34. The van der Waals surface area contributed by atoms with Crippen molar-refractivity contribution in [1.29, 1.82) is 0 Å². The Balaban J connectivity index is 0.827. The highest BCUT2D eigenvalue weighted by Gasteiger charge is 2.33. The van der Waals surface area contributed by atoms with Crippen LogP contribution >= 0.6 is 0 Å². The fourth-order valence-corrected chi connectivity index (χ4v) is 9.72. The van der Waals surface area contributed by atoms with Crippen molar-refractivity contribution in [2.24, 2.45) is 14.1 Å². The minimum atomic E-state index is -1.05. The normalized spacial score (nSPS) is 16.6. The number of aromatic nitrogens is 14. The average molecular weight is 1000 g/mol. The van der Waals surface area contributed by atoms with E-state index in [1.807, 2.05) is 72.2 Å². The van der Waals surface area contributed by atoms with E-state index in [1.165, 1.54) is 9.36 Å². The Bertz CT molecular complexity index is 3060. The molecule has 6 aromatic heterocycles. The van der Waals surface area contributed by atoms with E-state index in [1.54, 1.807) is 86.4 Å². The predicted molar refractivity (Wildman–Crippen MR) is 271 cm³/mol. The fraction of sp³-hybridized carbons (Fsp3) is 0.353. The number of tetrazole rings is 2. The van der Waals surface area contributed by atoms with Crippen LogP contribution in [0.4, 0.5) is 16.4 Å². The molecule has 74 heavy (non-hydrogen) atoms. The van der Waals surface area contributed by atoms with Crippen LogP contribution in [0.3, 0.4) is 0 Å². The summed E-state index contributed by atoms with van der Waals surface area (Å²) >= 11 is 0. The molecule has 0 aliphatic carbocycles. The molecular formula is C51H56N18O5. The molecule has 2 unspecified atom stereocenters. The molecule has 8 aromatic rings. The number of amides is 2. The van der Waals surface area contributed by atoms with Crippen LogP contribution in [0.1, 0.15) is 83.8 Å². The molecule has 0 bridgehead atoms. The van der Waals surface area contributed by atoms with Crippen LogP contribution in [-0.2, 0) is 23.6 Å². The smallest absolute Gasteiger partial charge is 0.408 e. The number of carbonyl (C=O) groups is 3. The fourth-order valence-electron chi connectivity index (χ4n) is 9.72. The summed E-state index contributed by atoms with van der Waals surface area (Å²) in [7, 11) is 3.51. The van der Waals surface area contributed by atoms with E-state index < -0.39 is 18.6 Å². The molecule has 380 valence electrons. The number of aryl methyl sites for hydroxylation is 4. The average Bonchev–Trinajstić information content (AvgIpc) is 4.26. The first-order valence-corrected chi connectivity index (χ1v) is 24.6.